The first-order valence-electron chi connectivity index (χ1n) is 7.09. The van der Waals surface area contributed by atoms with Crippen LogP contribution in [0.15, 0.2) is 0 Å². The van der Waals surface area contributed by atoms with Gasteiger partial charge in [0.1, 0.15) is 0 Å². The third-order valence-corrected chi connectivity index (χ3v) is 6.14. The molecule has 1 atom stereocenters. The zero-order chi connectivity index (χ0) is 14.3. The number of rotatable bonds is 3. The van der Waals surface area contributed by atoms with Crippen LogP contribution >= 0.6 is 0 Å². The first-order valence-corrected chi connectivity index (χ1v) is 8.94. The van der Waals surface area contributed by atoms with E-state index in [-0.39, 0.29) is 5.54 Å². The molecule has 0 spiro atoms. The summed E-state index contributed by atoms with van der Waals surface area (Å²) in [5.41, 5.74) is 6.51. The number of hydrogen-bond acceptors (Lipinski definition) is 4. The van der Waals surface area contributed by atoms with Gasteiger partial charge < -0.3 is 5.73 Å². The van der Waals surface area contributed by atoms with Gasteiger partial charge in [0, 0.05) is 38.3 Å². The Morgan fingerprint density at radius 3 is 2.05 bits per heavy atom. The Bertz CT molecular complexity index is 427. The van der Waals surface area contributed by atoms with E-state index in [0.717, 1.165) is 25.9 Å². The Morgan fingerprint density at radius 2 is 1.68 bits per heavy atom. The number of nitrogens with two attached hydrogens (primary N) is 1. The molecule has 112 valence electrons. The maximum atomic E-state index is 11.5. The molecule has 0 radical (unpaired) electrons. The Kier molecular flexibility index (Phi) is 3.99. The second kappa shape index (κ2) is 4.98. The zero-order valence-corrected chi connectivity index (χ0v) is 13.2. The van der Waals surface area contributed by atoms with Crippen molar-refractivity contribution in [2.45, 2.75) is 38.6 Å². The van der Waals surface area contributed by atoms with Gasteiger partial charge in [-0.2, -0.15) is 4.31 Å². The van der Waals surface area contributed by atoms with Crippen molar-refractivity contribution < 1.29 is 8.42 Å². The summed E-state index contributed by atoms with van der Waals surface area (Å²) in [7, 11) is -3.05. The van der Waals surface area contributed by atoms with Crippen molar-refractivity contribution in [3.05, 3.63) is 0 Å². The summed E-state index contributed by atoms with van der Waals surface area (Å²) < 4.78 is 24.7. The van der Waals surface area contributed by atoms with Crippen molar-refractivity contribution in [2.24, 2.45) is 11.1 Å². The van der Waals surface area contributed by atoms with Crippen LogP contribution in [0.2, 0.25) is 0 Å². The largest absolute Gasteiger partial charge is 0.329 e. The molecular weight excluding hydrogens is 262 g/mol. The van der Waals surface area contributed by atoms with E-state index in [0.29, 0.717) is 25.0 Å². The van der Waals surface area contributed by atoms with Crippen molar-refractivity contribution in [3.8, 4) is 0 Å². The quantitative estimate of drug-likeness (QED) is 0.820. The van der Waals surface area contributed by atoms with Crippen LogP contribution in [-0.4, -0.2) is 62.1 Å². The van der Waals surface area contributed by atoms with Gasteiger partial charge in [0.05, 0.1) is 6.26 Å². The van der Waals surface area contributed by atoms with E-state index in [2.05, 4.69) is 18.7 Å². The Morgan fingerprint density at radius 1 is 1.11 bits per heavy atom. The number of piperazine rings is 1. The maximum absolute atomic E-state index is 11.5. The molecule has 5 nitrogen and oxygen atoms in total. The van der Waals surface area contributed by atoms with E-state index in [1.54, 1.807) is 4.31 Å². The molecule has 2 rings (SSSR count). The molecule has 0 aromatic rings. The van der Waals surface area contributed by atoms with E-state index in [4.69, 9.17) is 5.73 Å². The Labute approximate surface area is 117 Å². The first kappa shape index (κ1) is 15.2. The lowest BCUT2D eigenvalue weighted by atomic mass is 9.86. The first-order chi connectivity index (χ1) is 8.69. The Hall–Kier alpha value is -0.170. The normalized spacial score (nSPS) is 33.7. The zero-order valence-electron chi connectivity index (χ0n) is 12.4. The van der Waals surface area contributed by atoms with Gasteiger partial charge in [-0.15, -0.1) is 0 Å². The lowest BCUT2D eigenvalue weighted by molar-refractivity contribution is 0.0559. The average Bonchev–Trinajstić information content (AvgIpc) is 2.65. The molecule has 1 unspecified atom stereocenters. The highest BCUT2D eigenvalue weighted by Gasteiger charge is 2.46. The molecule has 0 bridgehead atoms. The van der Waals surface area contributed by atoms with Crippen LogP contribution in [0.3, 0.4) is 0 Å². The molecule has 0 aromatic heterocycles. The number of sulfonamides is 1. The molecular formula is C13H27N3O2S. The summed E-state index contributed by atoms with van der Waals surface area (Å²) in [6.07, 6.45) is 4.75. The van der Waals surface area contributed by atoms with Gasteiger partial charge in [0.25, 0.3) is 0 Å². The topological polar surface area (TPSA) is 66.6 Å². The molecule has 1 aliphatic carbocycles. The molecule has 0 amide bonds. The summed E-state index contributed by atoms with van der Waals surface area (Å²) in [4.78, 5) is 2.43. The predicted octanol–water partition coefficient (Wildman–Crippen LogP) is 0.471. The minimum atomic E-state index is -3.05. The van der Waals surface area contributed by atoms with Gasteiger partial charge >= 0.3 is 0 Å². The molecule has 19 heavy (non-hydrogen) atoms. The van der Waals surface area contributed by atoms with Crippen LogP contribution in [0.4, 0.5) is 0 Å². The van der Waals surface area contributed by atoms with E-state index in [9.17, 15) is 8.42 Å². The smallest absolute Gasteiger partial charge is 0.211 e. The molecule has 1 heterocycles. The molecule has 1 saturated carbocycles. The average molecular weight is 289 g/mol. The summed E-state index contributed by atoms with van der Waals surface area (Å²) in [5, 5.41) is 0. The molecule has 2 fully saturated rings. The lowest BCUT2D eigenvalue weighted by Gasteiger charge is -2.45. The SMILES string of the molecule is CC1(C)CCC(CN)(N2CCN(S(C)(=O)=O)CC2)C1. The minimum absolute atomic E-state index is 0.0904. The van der Waals surface area contributed by atoms with Crippen LogP contribution in [0, 0.1) is 5.41 Å². The molecule has 0 aromatic carbocycles. The van der Waals surface area contributed by atoms with Crippen molar-refractivity contribution in [2.75, 3.05) is 39.0 Å². The fraction of sp³-hybridized carbons (Fsp3) is 1.00. The second-order valence-corrected chi connectivity index (χ2v) is 8.90. The fourth-order valence-electron chi connectivity index (χ4n) is 3.71. The second-order valence-electron chi connectivity index (χ2n) is 6.92. The fourth-order valence-corrected chi connectivity index (χ4v) is 4.53. The number of hydrogen-bond donors (Lipinski definition) is 1. The van der Waals surface area contributed by atoms with Crippen LogP contribution in [0.1, 0.15) is 33.1 Å². The summed E-state index contributed by atoms with van der Waals surface area (Å²) in [5.74, 6) is 0. The highest BCUT2D eigenvalue weighted by Crippen LogP contribution is 2.46. The van der Waals surface area contributed by atoms with E-state index < -0.39 is 10.0 Å². The predicted molar refractivity (Wildman–Crippen MR) is 77.4 cm³/mol. The third-order valence-electron chi connectivity index (χ3n) is 4.83. The van der Waals surface area contributed by atoms with Crippen molar-refractivity contribution in [3.63, 3.8) is 0 Å². The van der Waals surface area contributed by atoms with E-state index in [1.807, 2.05) is 0 Å². The molecule has 2 aliphatic rings. The summed E-state index contributed by atoms with van der Waals surface area (Å²) in [6, 6.07) is 0. The van der Waals surface area contributed by atoms with Crippen molar-refractivity contribution >= 4 is 10.0 Å². The van der Waals surface area contributed by atoms with Crippen LogP contribution in [-0.2, 0) is 10.0 Å². The maximum Gasteiger partial charge on any atom is 0.211 e. The van der Waals surface area contributed by atoms with Crippen LogP contribution < -0.4 is 5.73 Å². The molecule has 6 heteroatoms. The number of nitrogens with zero attached hydrogens (tertiary/aromatic N) is 2. The summed E-state index contributed by atoms with van der Waals surface area (Å²) in [6.45, 7) is 8.09. The standard InChI is InChI=1S/C13H27N3O2S/c1-12(2)4-5-13(10-12,11-14)15-6-8-16(9-7-15)19(3,17)18/h4-11,14H2,1-3H3. The van der Waals surface area contributed by atoms with Crippen LogP contribution in [0.5, 0.6) is 0 Å². The van der Waals surface area contributed by atoms with Gasteiger partial charge in [-0.25, -0.2) is 8.42 Å². The summed E-state index contributed by atoms with van der Waals surface area (Å²) >= 11 is 0. The Balaban J connectivity index is 2.04. The van der Waals surface area contributed by atoms with Crippen molar-refractivity contribution in [1.29, 1.82) is 0 Å². The molecule has 1 saturated heterocycles. The lowest BCUT2D eigenvalue weighted by Crippen LogP contribution is -2.59. The van der Waals surface area contributed by atoms with Gasteiger partial charge in [-0.1, -0.05) is 13.8 Å². The highest BCUT2D eigenvalue weighted by atomic mass is 32.2. The monoisotopic (exact) mass is 289 g/mol. The van der Waals surface area contributed by atoms with Gasteiger partial charge in [-0.3, -0.25) is 4.90 Å². The minimum Gasteiger partial charge on any atom is -0.329 e. The third kappa shape index (κ3) is 3.12. The van der Waals surface area contributed by atoms with E-state index >= 15 is 0 Å². The van der Waals surface area contributed by atoms with Gasteiger partial charge in [0.15, 0.2) is 0 Å². The van der Waals surface area contributed by atoms with Gasteiger partial charge in [-0.05, 0) is 24.7 Å². The highest BCUT2D eigenvalue weighted by molar-refractivity contribution is 7.88. The van der Waals surface area contributed by atoms with E-state index in [1.165, 1.54) is 12.7 Å². The van der Waals surface area contributed by atoms with Crippen LogP contribution in [0.25, 0.3) is 0 Å². The van der Waals surface area contributed by atoms with Crippen molar-refractivity contribution in [1.82, 2.24) is 9.21 Å². The molecule has 1 aliphatic heterocycles. The van der Waals surface area contributed by atoms with Gasteiger partial charge in [0.2, 0.25) is 10.0 Å². The molecule has 2 N–H and O–H groups in total.